The molecule has 3 rings (SSSR count). The molecule has 0 N–H and O–H groups in total. The fourth-order valence-electron chi connectivity index (χ4n) is 3.90. The number of ether oxygens (including phenoxy) is 1. The first kappa shape index (κ1) is 23.1. The number of carbonyl (C=O) groups excluding carboxylic acids is 2. The number of ketones is 1. The Morgan fingerprint density at radius 1 is 1.16 bits per heavy atom. The van der Waals surface area contributed by atoms with Crippen molar-refractivity contribution in [3.63, 3.8) is 0 Å². The second-order valence-corrected chi connectivity index (χ2v) is 9.45. The number of Topliss-reactive ketones (excluding diaryl/α,β-unsaturated/α-hetero) is 1. The maximum absolute atomic E-state index is 13.3. The minimum absolute atomic E-state index is 0.0552. The molecule has 168 valence electrons. The van der Waals surface area contributed by atoms with Crippen LogP contribution in [0.25, 0.3) is 0 Å². The van der Waals surface area contributed by atoms with Crippen molar-refractivity contribution in [3.05, 3.63) is 52.6 Å². The van der Waals surface area contributed by atoms with E-state index < -0.39 is 21.8 Å². The normalized spacial score (nSPS) is 14.1. The Morgan fingerprint density at radius 3 is 2.29 bits per heavy atom. The van der Waals surface area contributed by atoms with Gasteiger partial charge in [0.05, 0.1) is 18.0 Å². The van der Waals surface area contributed by atoms with Gasteiger partial charge in [0.25, 0.3) is 0 Å². The highest BCUT2D eigenvalue weighted by molar-refractivity contribution is 7.89. The van der Waals surface area contributed by atoms with Crippen molar-refractivity contribution in [2.24, 2.45) is 0 Å². The van der Waals surface area contributed by atoms with Crippen molar-refractivity contribution in [2.75, 3.05) is 13.2 Å². The molecule has 0 amide bonds. The quantitative estimate of drug-likeness (QED) is 0.431. The summed E-state index contributed by atoms with van der Waals surface area (Å²) in [4.78, 5) is 25.7. The van der Waals surface area contributed by atoms with E-state index in [1.807, 2.05) is 6.92 Å². The highest BCUT2D eigenvalue weighted by Crippen LogP contribution is 2.33. The molecule has 1 aromatic heterocycles. The van der Waals surface area contributed by atoms with E-state index in [9.17, 15) is 22.4 Å². The van der Waals surface area contributed by atoms with Crippen molar-refractivity contribution in [2.45, 2.75) is 58.0 Å². The third kappa shape index (κ3) is 4.43. The summed E-state index contributed by atoms with van der Waals surface area (Å²) in [5, 5.41) is 0. The number of hydrogen-bond acceptors (Lipinski definition) is 5. The number of rotatable bonds is 9. The summed E-state index contributed by atoms with van der Waals surface area (Å²) in [6.45, 7) is 7.31. The van der Waals surface area contributed by atoms with E-state index in [1.54, 1.807) is 25.3 Å². The van der Waals surface area contributed by atoms with E-state index >= 15 is 0 Å². The van der Waals surface area contributed by atoms with Crippen LogP contribution in [-0.4, -0.2) is 48.2 Å². The largest absolute Gasteiger partial charge is 0.461 e. The Balaban J connectivity index is 1.97. The Kier molecular flexibility index (Phi) is 6.66. The molecule has 1 aliphatic rings. The fraction of sp³-hybridized carbons (Fsp3) is 0.455. The average Bonchev–Trinajstić information content (AvgIpc) is 3.51. The molecular weight excluding hydrogens is 423 g/mol. The topological polar surface area (TPSA) is 85.7 Å². The van der Waals surface area contributed by atoms with Crippen molar-refractivity contribution in [1.82, 2.24) is 8.87 Å². The molecule has 7 nitrogen and oxygen atoms in total. The second-order valence-electron chi connectivity index (χ2n) is 7.56. The van der Waals surface area contributed by atoms with Gasteiger partial charge in [0.2, 0.25) is 10.0 Å². The van der Waals surface area contributed by atoms with Crippen LogP contribution in [0.4, 0.5) is 4.39 Å². The summed E-state index contributed by atoms with van der Waals surface area (Å²) in [7, 11) is -3.97. The van der Waals surface area contributed by atoms with Crippen LogP contribution in [0.3, 0.4) is 0 Å². The van der Waals surface area contributed by atoms with Crippen LogP contribution < -0.4 is 0 Å². The molecule has 2 aromatic rings. The van der Waals surface area contributed by atoms with E-state index in [-0.39, 0.29) is 29.9 Å². The van der Waals surface area contributed by atoms with Gasteiger partial charge in [-0.3, -0.25) is 4.79 Å². The molecular formula is C22H27FN2O5S. The van der Waals surface area contributed by atoms with Crippen LogP contribution in [0, 0.1) is 19.7 Å². The van der Waals surface area contributed by atoms with Crippen LogP contribution in [-0.2, 0) is 21.3 Å². The Bertz CT molecular complexity index is 1100. The monoisotopic (exact) mass is 450 g/mol. The first-order valence-corrected chi connectivity index (χ1v) is 11.7. The van der Waals surface area contributed by atoms with Crippen molar-refractivity contribution in [1.29, 1.82) is 0 Å². The number of benzene rings is 1. The maximum Gasteiger partial charge on any atom is 0.355 e. The van der Waals surface area contributed by atoms with Gasteiger partial charge in [-0.1, -0.05) is 0 Å². The molecule has 0 saturated heterocycles. The van der Waals surface area contributed by atoms with E-state index in [0.29, 0.717) is 41.9 Å². The fourth-order valence-corrected chi connectivity index (χ4v) is 5.54. The van der Waals surface area contributed by atoms with Gasteiger partial charge in [0.15, 0.2) is 5.78 Å². The molecule has 31 heavy (non-hydrogen) atoms. The molecule has 0 bridgehead atoms. The standard InChI is InChI=1S/C22H27FN2O5S/c1-5-24-15(4)20(14(3)21(24)22(27)30-6-2)19(26)13-25(17-9-10-17)31(28,29)18-11-7-16(23)8-12-18/h7-8,11-12,17H,5-6,9-10,13H2,1-4H3. The van der Waals surface area contributed by atoms with E-state index in [2.05, 4.69) is 0 Å². The van der Waals surface area contributed by atoms with Crippen molar-refractivity contribution < 1.29 is 27.1 Å². The van der Waals surface area contributed by atoms with Crippen LogP contribution in [0.2, 0.25) is 0 Å². The number of esters is 1. The first-order chi connectivity index (χ1) is 14.6. The Morgan fingerprint density at radius 2 is 1.77 bits per heavy atom. The minimum Gasteiger partial charge on any atom is -0.461 e. The molecule has 9 heteroatoms. The van der Waals surface area contributed by atoms with Crippen LogP contribution >= 0.6 is 0 Å². The lowest BCUT2D eigenvalue weighted by atomic mass is 10.1. The molecule has 1 heterocycles. The average molecular weight is 451 g/mol. The van der Waals surface area contributed by atoms with Crippen molar-refractivity contribution in [3.8, 4) is 0 Å². The maximum atomic E-state index is 13.3. The number of halogens is 1. The molecule has 0 radical (unpaired) electrons. The highest BCUT2D eigenvalue weighted by Gasteiger charge is 2.40. The summed E-state index contributed by atoms with van der Waals surface area (Å²) in [5.74, 6) is -1.43. The van der Waals surface area contributed by atoms with Gasteiger partial charge in [-0.05, 0) is 70.4 Å². The molecule has 0 spiro atoms. The molecule has 1 aromatic carbocycles. The second kappa shape index (κ2) is 8.92. The lowest BCUT2D eigenvalue weighted by Crippen LogP contribution is -2.37. The zero-order valence-electron chi connectivity index (χ0n) is 18.1. The smallest absolute Gasteiger partial charge is 0.355 e. The van der Waals surface area contributed by atoms with Gasteiger partial charge >= 0.3 is 5.97 Å². The minimum atomic E-state index is -3.97. The molecule has 1 saturated carbocycles. The summed E-state index contributed by atoms with van der Waals surface area (Å²) < 4.78 is 47.6. The van der Waals surface area contributed by atoms with Gasteiger partial charge < -0.3 is 9.30 Å². The van der Waals surface area contributed by atoms with Gasteiger partial charge in [-0.25, -0.2) is 17.6 Å². The number of aromatic nitrogens is 1. The van der Waals surface area contributed by atoms with Gasteiger partial charge in [0, 0.05) is 23.8 Å². The van der Waals surface area contributed by atoms with Crippen LogP contribution in [0.1, 0.15) is 58.8 Å². The number of nitrogens with zero attached hydrogens (tertiary/aromatic N) is 2. The molecule has 0 atom stereocenters. The first-order valence-electron chi connectivity index (χ1n) is 10.3. The lowest BCUT2D eigenvalue weighted by Gasteiger charge is -2.21. The number of sulfonamides is 1. The summed E-state index contributed by atoms with van der Waals surface area (Å²) in [6.07, 6.45) is 1.32. The SMILES string of the molecule is CCOC(=O)c1c(C)c(C(=O)CN(C2CC2)S(=O)(=O)c2ccc(F)cc2)c(C)n1CC. The molecule has 0 unspecified atom stereocenters. The van der Waals surface area contributed by atoms with E-state index in [0.717, 1.165) is 12.1 Å². The third-order valence-corrected chi connectivity index (χ3v) is 7.42. The summed E-state index contributed by atoms with van der Waals surface area (Å²) in [6, 6.07) is 4.31. The zero-order valence-corrected chi connectivity index (χ0v) is 19.0. The third-order valence-electron chi connectivity index (χ3n) is 5.50. The Hall–Kier alpha value is -2.52. The van der Waals surface area contributed by atoms with Gasteiger partial charge in [-0.2, -0.15) is 4.31 Å². The predicted octanol–water partition coefficient (Wildman–Crippen LogP) is 3.48. The number of carbonyl (C=O) groups is 2. The Labute approximate surface area is 181 Å². The molecule has 0 aliphatic heterocycles. The summed E-state index contributed by atoms with van der Waals surface area (Å²) >= 11 is 0. The number of hydrogen-bond donors (Lipinski definition) is 0. The van der Waals surface area contributed by atoms with Crippen molar-refractivity contribution >= 4 is 21.8 Å². The lowest BCUT2D eigenvalue weighted by molar-refractivity contribution is 0.0512. The van der Waals surface area contributed by atoms with Crippen LogP contribution in [0.5, 0.6) is 0 Å². The van der Waals surface area contributed by atoms with Gasteiger partial charge in [0.1, 0.15) is 11.5 Å². The van der Waals surface area contributed by atoms with Gasteiger partial charge in [-0.15, -0.1) is 0 Å². The summed E-state index contributed by atoms with van der Waals surface area (Å²) in [5.41, 5.74) is 1.73. The van der Waals surface area contributed by atoms with Crippen LogP contribution in [0.15, 0.2) is 29.2 Å². The highest BCUT2D eigenvalue weighted by atomic mass is 32.2. The zero-order chi connectivity index (χ0) is 22.9. The molecule has 1 aliphatic carbocycles. The van der Waals surface area contributed by atoms with E-state index in [4.69, 9.17) is 4.74 Å². The molecule has 1 fully saturated rings. The van der Waals surface area contributed by atoms with E-state index in [1.165, 1.54) is 16.4 Å². The predicted molar refractivity (Wildman–Crippen MR) is 113 cm³/mol.